The Morgan fingerprint density at radius 1 is 1.26 bits per heavy atom. The summed E-state index contributed by atoms with van der Waals surface area (Å²) in [5.74, 6) is 1.45. The quantitative estimate of drug-likeness (QED) is 0.879. The summed E-state index contributed by atoms with van der Waals surface area (Å²) in [6.07, 6.45) is 1.79. The van der Waals surface area contributed by atoms with E-state index in [0.717, 1.165) is 28.5 Å². The van der Waals surface area contributed by atoms with Crippen LogP contribution in [0.25, 0.3) is 0 Å². The fourth-order valence-electron chi connectivity index (χ4n) is 1.92. The minimum Gasteiger partial charge on any atom is -0.493 e. The van der Waals surface area contributed by atoms with Crippen molar-refractivity contribution < 1.29 is 9.47 Å². The SMILES string of the molecule is CCNC(c1ccc(OC)c(OC)c1)c1cnns1. The lowest BCUT2D eigenvalue weighted by Crippen LogP contribution is -2.21. The summed E-state index contributed by atoms with van der Waals surface area (Å²) in [5, 5.41) is 7.32. The number of nitrogens with zero attached hydrogens (tertiary/aromatic N) is 2. The largest absolute Gasteiger partial charge is 0.493 e. The molecule has 19 heavy (non-hydrogen) atoms. The van der Waals surface area contributed by atoms with Gasteiger partial charge in [-0.3, -0.25) is 0 Å². The summed E-state index contributed by atoms with van der Waals surface area (Å²) in [4.78, 5) is 1.08. The van der Waals surface area contributed by atoms with Crippen molar-refractivity contribution in [3.8, 4) is 11.5 Å². The van der Waals surface area contributed by atoms with Crippen LogP contribution in [0.4, 0.5) is 0 Å². The van der Waals surface area contributed by atoms with E-state index in [1.807, 2.05) is 18.2 Å². The minimum atomic E-state index is 0.0739. The number of nitrogens with one attached hydrogen (secondary N) is 1. The molecule has 1 aromatic carbocycles. The van der Waals surface area contributed by atoms with E-state index in [2.05, 4.69) is 21.8 Å². The van der Waals surface area contributed by atoms with Gasteiger partial charge in [0.1, 0.15) is 0 Å². The van der Waals surface area contributed by atoms with Gasteiger partial charge in [0.25, 0.3) is 0 Å². The topological polar surface area (TPSA) is 56.3 Å². The van der Waals surface area contributed by atoms with Crippen molar-refractivity contribution in [1.29, 1.82) is 0 Å². The van der Waals surface area contributed by atoms with E-state index in [0.29, 0.717) is 0 Å². The number of ether oxygens (including phenoxy) is 2. The van der Waals surface area contributed by atoms with Gasteiger partial charge in [-0.05, 0) is 35.8 Å². The Morgan fingerprint density at radius 2 is 2.05 bits per heavy atom. The van der Waals surface area contributed by atoms with Crippen molar-refractivity contribution in [2.45, 2.75) is 13.0 Å². The smallest absolute Gasteiger partial charge is 0.161 e. The lowest BCUT2D eigenvalue weighted by Gasteiger charge is -2.17. The van der Waals surface area contributed by atoms with Crippen LogP contribution < -0.4 is 14.8 Å². The van der Waals surface area contributed by atoms with Crippen LogP contribution >= 0.6 is 11.5 Å². The van der Waals surface area contributed by atoms with Crippen molar-refractivity contribution in [1.82, 2.24) is 14.9 Å². The van der Waals surface area contributed by atoms with E-state index < -0.39 is 0 Å². The summed E-state index contributed by atoms with van der Waals surface area (Å²) in [6, 6.07) is 5.98. The lowest BCUT2D eigenvalue weighted by atomic mass is 10.1. The molecule has 2 aromatic rings. The molecule has 1 unspecified atom stereocenters. The van der Waals surface area contributed by atoms with Crippen molar-refractivity contribution in [3.63, 3.8) is 0 Å². The van der Waals surface area contributed by atoms with Crippen molar-refractivity contribution in [3.05, 3.63) is 34.8 Å². The molecule has 0 saturated carbocycles. The van der Waals surface area contributed by atoms with E-state index in [1.165, 1.54) is 11.5 Å². The molecule has 0 aliphatic rings. The molecule has 0 aliphatic carbocycles. The predicted octanol–water partition coefficient (Wildman–Crippen LogP) is 2.25. The second-order valence-electron chi connectivity index (χ2n) is 3.92. The molecule has 102 valence electrons. The van der Waals surface area contributed by atoms with Crippen LogP contribution in [0.2, 0.25) is 0 Å². The van der Waals surface area contributed by atoms with Gasteiger partial charge in [0, 0.05) is 0 Å². The van der Waals surface area contributed by atoms with Crippen LogP contribution in [0.1, 0.15) is 23.4 Å². The molecular weight excluding hydrogens is 262 g/mol. The first-order valence-electron chi connectivity index (χ1n) is 6.02. The fraction of sp³-hybridized carbons (Fsp3) is 0.385. The molecular formula is C13H17N3O2S. The lowest BCUT2D eigenvalue weighted by molar-refractivity contribution is 0.354. The summed E-state index contributed by atoms with van der Waals surface area (Å²) in [7, 11) is 3.27. The van der Waals surface area contributed by atoms with Crippen LogP contribution in [-0.4, -0.2) is 30.4 Å². The Labute approximate surface area is 116 Å². The molecule has 0 amide bonds. The number of rotatable bonds is 6. The van der Waals surface area contributed by atoms with Gasteiger partial charge in [0.2, 0.25) is 0 Å². The van der Waals surface area contributed by atoms with E-state index >= 15 is 0 Å². The molecule has 1 N–H and O–H groups in total. The van der Waals surface area contributed by atoms with Gasteiger partial charge in [0.15, 0.2) is 11.5 Å². The highest BCUT2D eigenvalue weighted by molar-refractivity contribution is 7.05. The Hall–Kier alpha value is -1.66. The molecule has 1 aromatic heterocycles. The third-order valence-corrected chi connectivity index (χ3v) is 3.54. The third kappa shape index (κ3) is 3.02. The molecule has 1 heterocycles. The molecule has 0 bridgehead atoms. The standard InChI is InChI=1S/C13H17N3O2S/c1-4-14-13(12-8-15-16-19-12)9-5-6-10(17-2)11(7-9)18-3/h5-8,13-14H,4H2,1-3H3. The zero-order valence-corrected chi connectivity index (χ0v) is 12.0. The summed E-state index contributed by atoms with van der Waals surface area (Å²) in [5.41, 5.74) is 1.10. The number of methoxy groups -OCH3 is 2. The second kappa shape index (κ2) is 6.49. The maximum atomic E-state index is 5.34. The van der Waals surface area contributed by atoms with Crippen LogP contribution in [0, 0.1) is 0 Å². The first kappa shape index (κ1) is 13.8. The average Bonchev–Trinajstić information content (AvgIpc) is 2.98. The molecule has 0 fully saturated rings. The van der Waals surface area contributed by atoms with Crippen LogP contribution in [0.15, 0.2) is 24.4 Å². The van der Waals surface area contributed by atoms with Crippen molar-refractivity contribution in [2.75, 3.05) is 20.8 Å². The number of benzene rings is 1. The monoisotopic (exact) mass is 279 g/mol. The molecule has 0 aliphatic heterocycles. The first-order chi connectivity index (χ1) is 9.30. The molecule has 0 saturated heterocycles. The van der Waals surface area contributed by atoms with E-state index in [1.54, 1.807) is 20.4 Å². The van der Waals surface area contributed by atoms with Crippen LogP contribution in [0.3, 0.4) is 0 Å². The molecule has 2 rings (SSSR count). The van der Waals surface area contributed by atoms with E-state index in [9.17, 15) is 0 Å². The number of hydrogen-bond donors (Lipinski definition) is 1. The fourth-order valence-corrected chi connectivity index (χ4v) is 2.53. The summed E-state index contributed by atoms with van der Waals surface area (Å²) >= 11 is 1.39. The normalized spacial score (nSPS) is 12.2. The van der Waals surface area contributed by atoms with E-state index in [-0.39, 0.29) is 6.04 Å². The van der Waals surface area contributed by atoms with Crippen molar-refractivity contribution >= 4 is 11.5 Å². The second-order valence-corrected chi connectivity index (χ2v) is 4.74. The molecule has 1 atom stereocenters. The Kier molecular flexibility index (Phi) is 4.70. The molecule has 6 heteroatoms. The minimum absolute atomic E-state index is 0.0739. The maximum Gasteiger partial charge on any atom is 0.161 e. The maximum absolute atomic E-state index is 5.34. The van der Waals surface area contributed by atoms with Gasteiger partial charge in [-0.25, -0.2) is 0 Å². The molecule has 5 nitrogen and oxygen atoms in total. The first-order valence-corrected chi connectivity index (χ1v) is 6.80. The molecule has 0 radical (unpaired) electrons. The predicted molar refractivity (Wildman–Crippen MR) is 75.0 cm³/mol. The van der Waals surface area contributed by atoms with Gasteiger partial charge in [-0.15, -0.1) is 5.10 Å². The van der Waals surface area contributed by atoms with E-state index in [4.69, 9.17) is 9.47 Å². The highest BCUT2D eigenvalue weighted by atomic mass is 32.1. The van der Waals surface area contributed by atoms with Crippen LogP contribution in [-0.2, 0) is 0 Å². The van der Waals surface area contributed by atoms with Gasteiger partial charge in [-0.2, -0.15) is 0 Å². The van der Waals surface area contributed by atoms with Crippen LogP contribution in [0.5, 0.6) is 11.5 Å². The summed E-state index contributed by atoms with van der Waals surface area (Å²) in [6.45, 7) is 2.93. The number of aromatic nitrogens is 2. The van der Waals surface area contributed by atoms with Gasteiger partial charge >= 0.3 is 0 Å². The highest BCUT2D eigenvalue weighted by Gasteiger charge is 2.17. The zero-order chi connectivity index (χ0) is 13.7. The zero-order valence-electron chi connectivity index (χ0n) is 11.2. The van der Waals surface area contributed by atoms with Gasteiger partial charge < -0.3 is 14.8 Å². The van der Waals surface area contributed by atoms with Gasteiger partial charge in [-0.1, -0.05) is 17.5 Å². The third-order valence-electron chi connectivity index (χ3n) is 2.81. The molecule has 0 spiro atoms. The number of hydrogen-bond acceptors (Lipinski definition) is 6. The summed E-state index contributed by atoms with van der Waals surface area (Å²) < 4.78 is 14.5. The Balaban J connectivity index is 2.37. The highest BCUT2D eigenvalue weighted by Crippen LogP contribution is 2.32. The Bertz CT molecular complexity index is 517. The Morgan fingerprint density at radius 3 is 2.63 bits per heavy atom. The van der Waals surface area contributed by atoms with Crippen molar-refractivity contribution in [2.24, 2.45) is 0 Å². The average molecular weight is 279 g/mol. The van der Waals surface area contributed by atoms with Gasteiger partial charge in [0.05, 0.1) is 31.3 Å².